The van der Waals surface area contributed by atoms with Crippen LogP contribution in [0, 0.1) is 0 Å². The van der Waals surface area contributed by atoms with Crippen LogP contribution in [0.2, 0.25) is 0 Å². The first-order valence-electron chi connectivity index (χ1n) is 8.15. The van der Waals surface area contributed by atoms with Gasteiger partial charge in [0, 0.05) is 29.2 Å². The fourth-order valence-corrected chi connectivity index (χ4v) is 3.72. The molecule has 0 saturated carbocycles. The number of aliphatic imine (C=N–C) groups is 1. The highest BCUT2D eigenvalue weighted by molar-refractivity contribution is 7.12. The van der Waals surface area contributed by atoms with Gasteiger partial charge in [0.05, 0.1) is 11.4 Å². The molecule has 0 unspecified atom stereocenters. The number of rotatable bonds is 4. The lowest BCUT2D eigenvalue weighted by molar-refractivity contribution is 0.739. The Hall–Kier alpha value is -2.37. The minimum Gasteiger partial charge on any atom is -0.383 e. The van der Waals surface area contributed by atoms with Gasteiger partial charge < -0.3 is 16.0 Å². The summed E-state index contributed by atoms with van der Waals surface area (Å²) < 4.78 is 0. The molecule has 3 aromatic rings. The van der Waals surface area contributed by atoms with Crippen LogP contribution in [0.15, 0.2) is 53.0 Å². The molecule has 3 heterocycles. The SMILES string of the molecule is NC(=NCc1ccc2[nH]cc(C3=CCNCC3)c2c1)c1cccs1. The number of nitrogens with one attached hydrogen (secondary N) is 2. The molecule has 1 aliphatic rings. The van der Waals surface area contributed by atoms with Crippen molar-refractivity contribution in [3.8, 4) is 0 Å². The quantitative estimate of drug-likeness (QED) is 0.504. The first kappa shape index (κ1) is 15.2. The van der Waals surface area contributed by atoms with E-state index in [9.17, 15) is 0 Å². The van der Waals surface area contributed by atoms with Crippen LogP contribution in [0.25, 0.3) is 16.5 Å². The lowest BCUT2D eigenvalue weighted by atomic mass is 9.99. The Bertz CT molecular complexity index is 903. The van der Waals surface area contributed by atoms with Gasteiger partial charge in [-0.2, -0.15) is 0 Å². The molecule has 24 heavy (non-hydrogen) atoms. The van der Waals surface area contributed by atoms with Gasteiger partial charge in [-0.15, -0.1) is 11.3 Å². The summed E-state index contributed by atoms with van der Waals surface area (Å²) in [6.07, 6.45) is 5.47. The third-order valence-corrected chi connectivity index (χ3v) is 5.25. The largest absolute Gasteiger partial charge is 0.383 e. The molecule has 4 nitrogen and oxygen atoms in total. The second-order valence-electron chi connectivity index (χ2n) is 5.94. The van der Waals surface area contributed by atoms with Crippen molar-refractivity contribution in [3.63, 3.8) is 0 Å². The Balaban J connectivity index is 1.63. The number of benzene rings is 1. The van der Waals surface area contributed by atoms with Gasteiger partial charge in [0.15, 0.2) is 0 Å². The lowest BCUT2D eigenvalue weighted by Gasteiger charge is -2.13. The van der Waals surface area contributed by atoms with Gasteiger partial charge in [-0.1, -0.05) is 18.2 Å². The van der Waals surface area contributed by atoms with Crippen molar-refractivity contribution in [2.24, 2.45) is 10.7 Å². The summed E-state index contributed by atoms with van der Waals surface area (Å²) in [5, 5.41) is 6.65. The standard InChI is InChI=1S/C19H20N4S/c20-19(18-2-1-9-24-18)23-11-13-3-4-17-15(10-13)16(12-22-17)14-5-7-21-8-6-14/h1-5,9-10,12,21-22H,6-8,11H2,(H2,20,23). The van der Waals surface area contributed by atoms with Crippen LogP contribution in [0.1, 0.15) is 22.4 Å². The van der Waals surface area contributed by atoms with Gasteiger partial charge in [0.25, 0.3) is 0 Å². The van der Waals surface area contributed by atoms with E-state index >= 15 is 0 Å². The van der Waals surface area contributed by atoms with Gasteiger partial charge in [0.1, 0.15) is 5.84 Å². The zero-order valence-corrected chi connectivity index (χ0v) is 14.2. The number of hydrogen-bond donors (Lipinski definition) is 3. The Kier molecular flexibility index (Phi) is 4.19. The number of nitrogens with two attached hydrogens (primary N) is 1. The Labute approximate surface area is 145 Å². The Morgan fingerprint density at radius 3 is 3.04 bits per heavy atom. The minimum atomic E-state index is 0.602. The summed E-state index contributed by atoms with van der Waals surface area (Å²) in [4.78, 5) is 8.95. The Morgan fingerprint density at radius 2 is 2.25 bits per heavy atom. The summed E-state index contributed by atoms with van der Waals surface area (Å²) in [6, 6.07) is 10.5. The molecule has 5 heteroatoms. The van der Waals surface area contributed by atoms with E-state index in [4.69, 9.17) is 5.73 Å². The number of H-pyrrole nitrogens is 1. The van der Waals surface area contributed by atoms with Crippen molar-refractivity contribution < 1.29 is 0 Å². The molecular formula is C19H20N4S. The predicted octanol–water partition coefficient (Wildman–Crippen LogP) is 3.51. The summed E-state index contributed by atoms with van der Waals surface area (Å²) in [5.41, 5.74) is 11.1. The number of aromatic amines is 1. The van der Waals surface area contributed by atoms with Crippen LogP contribution >= 0.6 is 11.3 Å². The summed E-state index contributed by atoms with van der Waals surface area (Å²) in [5.74, 6) is 0.612. The highest BCUT2D eigenvalue weighted by Gasteiger charge is 2.11. The highest BCUT2D eigenvalue weighted by Crippen LogP contribution is 2.28. The number of amidine groups is 1. The average Bonchev–Trinajstić information content (AvgIpc) is 3.30. The molecular weight excluding hydrogens is 316 g/mol. The molecule has 2 aromatic heterocycles. The van der Waals surface area contributed by atoms with Crippen LogP contribution in [-0.4, -0.2) is 23.9 Å². The maximum absolute atomic E-state index is 6.06. The maximum Gasteiger partial charge on any atom is 0.136 e. The molecule has 0 amide bonds. The van der Waals surface area contributed by atoms with Gasteiger partial charge >= 0.3 is 0 Å². The molecule has 4 N–H and O–H groups in total. The van der Waals surface area contributed by atoms with E-state index in [-0.39, 0.29) is 0 Å². The van der Waals surface area contributed by atoms with Crippen LogP contribution < -0.4 is 11.1 Å². The van der Waals surface area contributed by atoms with E-state index in [1.165, 1.54) is 27.6 Å². The van der Waals surface area contributed by atoms with E-state index in [0.717, 1.165) is 24.4 Å². The Morgan fingerprint density at radius 1 is 1.29 bits per heavy atom. The molecule has 1 aromatic carbocycles. The van der Waals surface area contributed by atoms with E-state index in [1.54, 1.807) is 11.3 Å². The van der Waals surface area contributed by atoms with Crippen molar-refractivity contribution in [1.82, 2.24) is 10.3 Å². The van der Waals surface area contributed by atoms with Crippen molar-refractivity contribution in [1.29, 1.82) is 0 Å². The predicted molar refractivity (Wildman–Crippen MR) is 103 cm³/mol. The first-order chi connectivity index (χ1) is 11.8. The maximum atomic E-state index is 6.06. The number of hydrogen-bond acceptors (Lipinski definition) is 3. The highest BCUT2D eigenvalue weighted by atomic mass is 32.1. The summed E-state index contributed by atoms with van der Waals surface area (Å²) >= 11 is 1.62. The minimum absolute atomic E-state index is 0.602. The van der Waals surface area contributed by atoms with Crippen molar-refractivity contribution in [2.45, 2.75) is 13.0 Å². The van der Waals surface area contributed by atoms with Gasteiger partial charge in [0.2, 0.25) is 0 Å². The molecule has 0 aliphatic carbocycles. The van der Waals surface area contributed by atoms with Gasteiger partial charge in [-0.05, 0) is 47.7 Å². The molecule has 1 aliphatic heterocycles. The van der Waals surface area contributed by atoms with Crippen molar-refractivity contribution >= 4 is 33.6 Å². The van der Waals surface area contributed by atoms with Crippen LogP contribution in [-0.2, 0) is 6.54 Å². The molecule has 0 radical (unpaired) electrons. The average molecular weight is 336 g/mol. The van der Waals surface area contributed by atoms with E-state index in [2.05, 4.69) is 45.8 Å². The lowest BCUT2D eigenvalue weighted by Crippen LogP contribution is -2.19. The number of aromatic nitrogens is 1. The monoisotopic (exact) mass is 336 g/mol. The molecule has 4 rings (SSSR count). The molecule has 0 fully saturated rings. The van der Waals surface area contributed by atoms with E-state index in [1.807, 2.05) is 17.5 Å². The van der Waals surface area contributed by atoms with Gasteiger partial charge in [-0.3, -0.25) is 4.99 Å². The molecule has 0 spiro atoms. The first-order valence-corrected chi connectivity index (χ1v) is 9.03. The number of thiophene rings is 1. The van der Waals surface area contributed by atoms with E-state index in [0.29, 0.717) is 12.4 Å². The normalized spacial score (nSPS) is 15.7. The summed E-state index contributed by atoms with van der Waals surface area (Å²) in [7, 11) is 0. The summed E-state index contributed by atoms with van der Waals surface area (Å²) in [6.45, 7) is 2.59. The van der Waals surface area contributed by atoms with Crippen LogP contribution in [0.4, 0.5) is 0 Å². The van der Waals surface area contributed by atoms with Crippen LogP contribution in [0.5, 0.6) is 0 Å². The third-order valence-electron chi connectivity index (χ3n) is 4.36. The second-order valence-corrected chi connectivity index (χ2v) is 6.89. The fraction of sp³-hybridized carbons (Fsp3) is 0.211. The van der Waals surface area contributed by atoms with Crippen LogP contribution in [0.3, 0.4) is 0 Å². The zero-order valence-electron chi connectivity index (χ0n) is 13.4. The third kappa shape index (κ3) is 3.00. The molecule has 0 atom stereocenters. The van der Waals surface area contributed by atoms with E-state index < -0.39 is 0 Å². The topological polar surface area (TPSA) is 66.2 Å². The number of fused-ring (bicyclic) bond motifs is 1. The number of nitrogens with zero attached hydrogens (tertiary/aromatic N) is 1. The molecule has 0 bridgehead atoms. The van der Waals surface area contributed by atoms with Gasteiger partial charge in [-0.25, -0.2) is 0 Å². The fourth-order valence-electron chi connectivity index (χ4n) is 3.08. The second kappa shape index (κ2) is 6.63. The zero-order chi connectivity index (χ0) is 16.4. The molecule has 0 saturated heterocycles. The smallest absolute Gasteiger partial charge is 0.136 e. The van der Waals surface area contributed by atoms with Crippen molar-refractivity contribution in [2.75, 3.05) is 13.1 Å². The molecule has 122 valence electrons. The van der Waals surface area contributed by atoms with Crippen molar-refractivity contribution in [3.05, 3.63) is 64.0 Å².